The smallest absolute Gasteiger partial charge is 0.137 e. The van der Waals surface area contributed by atoms with E-state index in [0.717, 1.165) is 5.56 Å². The van der Waals surface area contributed by atoms with Gasteiger partial charge in [-0.1, -0.05) is 23.7 Å². The highest BCUT2D eigenvalue weighted by Crippen LogP contribution is 2.27. The van der Waals surface area contributed by atoms with Gasteiger partial charge in [0.15, 0.2) is 0 Å². The Morgan fingerprint density at radius 3 is 2.83 bits per heavy atom. The Morgan fingerprint density at radius 1 is 1.50 bits per heavy atom. The third-order valence-electron chi connectivity index (χ3n) is 1.64. The van der Waals surface area contributed by atoms with Crippen molar-refractivity contribution < 1.29 is 9.84 Å². The molecule has 3 heteroatoms. The lowest BCUT2D eigenvalue weighted by Gasteiger charge is -2.06. The Hall–Kier alpha value is -0.730. The molecule has 1 N–H and O–H groups in total. The molecule has 0 aliphatic rings. The highest BCUT2D eigenvalue weighted by molar-refractivity contribution is 6.32. The van der Waals surface area contributed by atoms with Crippen LogP contribution in [0.4, 0.5) is 0 Å². The Bertz CT molecular complexity index is 261. The molecule has 66 valence electrons. The molecular weight excluding hydrogens is 176 g/mol. The number of benzene rings is 1. The van der Waals surface area contributed by atoms with Crippen LogP contribution in [0.3, 0.4) is 0 Å². The lowest BCUT2D eigenvalue weighted by atomic mass is 10.1. The predicted octanol–water partition coefficient (Wildman–Crippen LogP) is 1.88. The second-order valence-electron chi connectivity index (χ2n) is 2.41. The average molecular weight is 187 g/mol. The minimum Gasteiger partial charge on any atom is -0.495 e. The first-order valence-corrected chi connectivity index (χ1v) is 4.09. The van der Waals surface area contributed by atoms with Gasteiger partial charge in [0.1, 0.15) is 5.75 Å². The molecule has 1 rings (SSSR count). The molecule has 0 fully saturated rings. The van der Waals surface area contributed by atoms with Crippen molar-refractivity contribution in [1.29, 1.82) is 0 Å². The number of rotatable bonds is 3. The summed E-state index contributed by atoms with van der Waals surface area (Å²) in [6.07, 6.45) is 0.566. The number of ether oxygens (including phenoxy) is 1. The Labute approximate surface area is 76.7 Å². The van der Waals surface area contributed by atoms with E-state index < -0.39 is 0 Å². The number of aliphatic hydroxyl groups is 1. The van der Waals surface area contributed by atoms with Crippen molar-refractivity contribution in [1.82, 2.24) is 0 Å². The molecule has 2 nitrogen and oxygen atoms in total. The van der Waals surface area contributed by atoms with Crippen LogP contribution in [0, 0.1) is 0 Å². The van der Waals surface area contributed by atoms with E-state index in [0.29, 0.717) is 17.2 Å². The molecule has 0 atom stereocenters. The van der Waals surface area contributed by atoms with Gasteiger partial charge in [-0.05, 0) is 18.1 Å². The lowest BCUT2D eigenvalue weighted by Crippen LogP contribution is -1.93. The van der Waals surface area contributed by atoms with Crippen molar-refractivity contribution in [3.63, 3.8) is 0 Å². The predicted molar refractivity (Wildman–Crippen MR) is 48.8 cm³/mol. The average Bonchev–Trinajstić information content (AvgIpc) is 2.09. The molecule has 0 aliphatic carbocycles. The maximum atomic E-state index is 8.71. The fraction of sp³-hybridized carbons (Fsp3) is 0.333. The van der Waals surface area contributed by atoms with E-state index in [1.54, 1.807) is 13.2 Å². The van der Waals surface area contributed by atoms with Crippen molar-refractivity contribution >= 4 is 11.6 Å². The van der Waals surface area contributed by atoms with Crippen LogP contribution in [0.1, 0.15) is 5.56 Å². The Kier molecular flexibility index (Phi) is 3.38. The summed E-state index contributed by atoms with van der Waals surface area (Å²) in [7, 11) is 1.57. The van der Waals surface area contributed by atoms with Crippen LogP contribution in [0.25, 0.3) is 0 Å². The van der Waals surface area contributed by atoms with Crippen molar-refractivity contribution in [2.75, 3.05) is 13.7 Å². The standard InChI is InChI=1S/C9H11ClO2/c1-12-8-4-2-3-7(5-6-11)9(8)10/h2-4,11H,5-6H2,1H3. The Balaban J connectivity index is 2.97. The molecule has 12 heavy (non-hydrogen) atoms. The van der Waals surface area contributed by atoms with Gasteiger partial charge in [-0.15, -0.1) is 0 Å². The summed E-state index contributed by atoms with van der Waals surface area (Å²) >= 11 is 5.95. The van der Waals surface area contributed by atoms with E-state index >= 15 is 0 Å². The lowest BCUT2D eigenvalue weighted by molar-refractivity contribution is 0.299. The van der Waals surface area contributed by atoms with Gasteiger partial charge in [-0.3, -0.25) is 0 Å². The van der Waals surface area contributed by atoms with Gasteiger partial charge in [0.05, 0.1) is 12.1 Å². The Morgan fingerprint density at radius 2 is 2.25 bits per heavy atom. The van der Waals surface area contributed by atoms with Gasteiger partial charge in [-0.25, -0.2) is 0 Å². The summed E-state index contributed by atoms with van der Waals surface area (Å²) in [4.78, 5) is 0. The summed E-state index contributed by atoms with van der Waals surface area (Å²) < 4.78 is 5.02. The largest absolute Gasteiger partial charge is 0.495 e. The van der Waals surface area contributed by atoms with E-state index in [-0.39, 0.29) is 6.61 Å². The van der Waals surface area contributed by atoms with Gasteiger partial charge in [0.2, 0.25) is 0 Å². The fourth-order valence-corrected chi connectivity index (χ4v) is 1.33. The van der Waals surface area contributed by atoms with Gasteiger partial charge < -0.3 is 9.84 Å². The highest BCUT2D eigenvalue weighted by Gasteiger charge is 2.04. The second-order valence-corrected chi connectivity index (χ2v) is 2.78. The first-order valence-electron chi connectivity index (χ1n) is 3.72. The monoisotopic (exact) mass is 186 g/mol. The van der Waals surface area contributed by atoms with Gasteiger partial charge in [0, 0.05) is 6.61 Å². The van der Waals surface area contributed by atoms with Gasteiger partial charge >= 0.3 is 0 Å². The first kappa shape index (κ1) is 9.36. The van der Waals surface area contributed by atoms with Crippen molar-refractivity contribution in [2.45, 2.75) is 6.42 Å². The van der Waals surface area contributed by atoms with E-state index in [1.807, 2.05) is 12.1 Å². The molecule has 0 heterocycles. The number of hydrogen-bond acceptors (Lipinski definition) is 2. The highest BCUT2D eigenvalue weighted by atomic mass is 35.5. The molecule has 0 radical (unpaired) electrons. The molecule has 0 unspecified atom stereocenters. The second kappa shape index (κ2) is 4.33. The van der Waals surface area contributed by atoms with Crippen molar-refractivity contribution in [2.24, 2.45) is 0 Å². The molecule has 0 bridgehead atoms. The third-order valence-corrected chi connectivity index (χ3v) is 2.07. The van der Waals surface area contributed by atoms with Crippen LogP contribution >= 0.6 is 11.6 Å². The van der Waals surface area contributed by atoms with Crippen molar-refractivity contribution in [3.8, 4) is 5.75 Å². The van der Waals surface area contributed by atoms with Crippen LogP contribution in [-0.4, -0.2) is 18.8 Å². The SMILES string of the molecule is COc1cccc(CCO)c1Cl. The molecule has 0 saturated heterocycles. The van der Waals surface area contributed by atoms with E-state index in [4.69, 9.17) is 21.4 Å². The molecule has 0 aliphatic heterocycles. The summed E-state index contributed by atoms with van der Waals surface area (Å²) in [6.45, 7) is 0.104. The number of methoxy groups -OCH3 is 1. The normalized spacial score (nSPS) is 9.92. The van der Waals surface area contributed by atoms with Crippen LogP contribution in [0.15, 0.2) is 18.2 Å². The van der Waals surface area contributed by atoms with Crippen LogP contribution in [0.2, 0.25) is 5.02 Å². The number of hydrogen-bond donors (Lipinski definition) is 1. The topological polar surface area (TPSA) is 29.5 Å². The first-order chi connectivity index (χ1) is 5.79. The zero-order valence-electron chi connectivity index (χ0n) is 6.88. The van der Waals surface area contributed by atoms with E-state index in [1.165, 1.54) is 0 Å². The zero-order valence-corrected chi connectivity index (χ0v) is 7.64. The molecule has 0 aromatic heterocycles. The minimum absolute atomic E-state index is 0.104. The van der Waals surface area contributed by atoms with Crippen molar-refractivity contribution in [3.05, 3.63) is 28.8 Å². The molecule has 0 saturated carbocycles. The number of aliphatic hydroxyl groups excluding tert-OH is 1. The van der Waals surface area contributed by atoms with Crippen LogP contribution < -0.4 is 4.74 Å². The fourth-order valence-electron chi connectivity index (χ4n) is 1.03. The maximum absolute atomic E-state index is 8.71. The summed E-state index contributed by atoms with van der Waals surface area (Å²) in [5.41, 5.74) is 0.915. The van der Waals surface area contributed by atoms with E-state index in [9.17, 15) is 0 Å². The molecule has 0 amide bonds. The van der Waals surface area contributed by atoms with E-state index in [2.05, 4.69) is 0 Å². The number of halogens is 1. The zero-order chi connectivity index (χ0) is 8.97. The van der Waals surface area contributed by atoms with Crippen LogP contribution in [0.5, 0.6) is 5.75 Å². The minimum atomic E-state index is 0.104. The van der Waals surface area contributed by atoms with Gasteiger partial charge in [0.25, 0.3) is 0 Å². The van der Waals surface area contributed by atoms with Crippen LogP contribution in [-0.2, 0) is 6.42 Å². The molecule has 1 aromatic rings. The molecule has 0 spiro atoms. The molecular formula is C9H11ClO2. The summed E-state index contributed by atoms with van der Waals surface area (Å²) in [6, 6.07) is 5.53. The quantitative estimate of drug-likeness (QED) is 0.781. The molecule has 1 aromatic carbocycles. The van der Waals surface area contributed by atoms with Gasteiger partial charge in [-0.2, -0.15) is 0 Å². The summed E-state index contributed by atoms with van der Waals surface area (Å²) in [5.74, 6) is 0.655. The third kappa shape index (κ3) is 1.90. The maximum Gasteiger partial charge on any atom is 0.137 e. The summed E-state index contributed by atoms with van der Waals surface area (Å²) in [5, 5.41) is 9.30.